The summed E-state index contributed by atoms with van der Waals surface area (Å²) in [7, 11) is 0. The average molecular weight is 646 g/mol. The van der Waals surface area contributed by atoms with Crippen molar-refractivity contribution >= 4 is 40.9 Å². The first-order chi connectivity index (χ1) is 20.8. The molecule has 1 heterocycles. The lowest BCUT2D eigenvalue weighted by atomic mass is 9.85. The van der Waals surface area contributed by atoms with Crippen molar-refractivity contribution in [3.63, 3.8) is 0 Å². The molecule has 240 valence electrons. The molecule has 0 radical (unpaired) electrons. The number of amides is 3. The van der Waals surface area contributed by atoms with Crippen molar-refractivity contribution in [3.05, 3.63) is 58.1 Å². The van der Waals surface area contributed by atoms with Crippen LogP contribution in [0.5, 0.6) is 0 Å². The number of anilines is 2. The Kier molecular flexibility index (Phi) is 10.9. The number of nitrogens with one attached hydrogen (secondary N) is 3. The Hall–Kier alpha value is -3.65. The van der Waals surface area contributed by atoms with Gasteiger partial charge in [-0.05, 0) is 49.9 Å². The lowest BCUT2D eigenvalue weighted by Crippen LogP contribution is -2.47. The largest absolute Gasteiger partial charge is 0.465 e. The molecule has 2 fully saturated rings. The predicted octanol–water partition coefficient (Wildman–Crippen LogP) is 5.39. The molecule has 0 atom stereocenters. The molecular formula is C29H33ClF5N5O4. The van der Waals surface area contributed by atoms with Gasteiger partial charge in [0.05, 0.1) is 23.4 Å². The predicted molar refractivity (Wildman–Crippen MR) is 154 cm³/mol. The van der Waals surface area contributed by atoms with E-state index in [-0.39, 0.29) is 42.2 Å². The second-order valence-corrected chi connectivity index (χ2v) is 11.4. The fraction of sp³-hybridized carbons (Fsp3) is 0.483. The molecule has 2 aliphatic rings. The third-order valence-electron chi connectivity index (χ3n) is 7.92. The van der Waals surface area contributed by atoms with E-state index in [1.807, 2.05) is 4.90 Å². The number of carbonyl (C=O) groups excluding carboxylic acids is 2. The van der Waals surface area contributed by atoms with Gasteiger partial charge in [0.15, 0.2) is 11.6 Å². The molecule has 4 rings (SSSR count). The maximum absolute atomic E-state index is 15.0. The smallest absolute Gasteiger partial charge is 0.404 e. The molecule has 15 heteroatoms. The lowest BCUT2D eigenvalue weighted by molar-refractivity contribution is -0.138. The van der Waals surface area contributed by atoms with E-state index in [0.29, 0.717) is 62.6 Å². The van der Waals surface area contributed by atoms with E-state index in [1.165, 1.54) is 18.2 Å². The highest BCUT2D eigenvalue weighted by Crippen LogP contribution is 2.32. The molecule has 2 aromatic rings. The molecule has 0 aromatic heterocycles. The monoisotopic (exact) mass is 645 g/mol. The minimum Gasteiger partial charge on any atom is -0.465 e. The van der Waals surface area contributed by atoms with Crippen LogP contribution in [-0.4, -0.2) is 72.9 Å². The fourth-order valence-electron chi connectivity index (χ4n) is 5.46. The summed E-state index contributed by atoms with van der Waals surface area (Å²) < 4.78 is 67.8. The van der Waals surface area contributed by atoms with E-state index in [1.54, 1.807) is 11.0 Å². The quantitative estimate of drug-likeness (QED) is 0.272. The molecule has 44 heavy (non-hydrogen) atoms. The van der Waals surface area contributed by atoms with Gasteiger partial charge in [-0.3, -0.25) is 14.5 Å². The maximum atomic E-state index is 15.0. The standard InChI is InChI=1S/C29H33ClF5N5O4/c30-19-4-8-22(23(15-19)40-13-11-39(12-14-40)10-9-29(33,34)35)38-27(42)21-7-3-18(24(31)25(21)32)16-36-26(41)17-1-5-20(6-2-17)37-28(43)44/h3-4,7-8,15,17,20,37H,1-2,5-6,9-14,16H2,(H,36,41)(H,38,42)(H,43,44)/t17-,20-. The van der Waals surface area contributed by atoms with Gasteiger partial charge < -0.3 is 26.0 Å². The molecule has 1 aliphatic heterocycles. The molecule has 9 nitrogen and oxygen atoms in total. The number of benzene rings is 2. The number of hydrogen-bond donors (Lipinski definition) is 4. The van der Waals surface area contributed by atoms with Gasteiger partial charge in [-0.2, -0.15) is 13.2 Å². The Balaban J connectivity index is 1.36. The van der Waals surface area contributed by atoms with Gasteiger partial charge in [0.2, 0.25) is 5.91 Å². The van der Waals surface area contributed by atoms with Gasteiger partial charge in [0.25, 0.3) is 5.91 Å². The number of hydrogen-bond acceptors (Lipinski definition) is 5. The van der Waals surface area contributed by atoms with Crippen LogP contribution in [0, 0.1) is 17.6 Å². The number of alkyl halides is 3. The Morgan fingerprint density at radius 3 is 2.27 bits per heavy atom. The Morgan fingerprint density at radius 1 is 0.955 bits per heavy atom. The zero-order valence-corrected chi connectivity index (χ0v) is 24.4. The summed E-state index contributed by atoms with van der Waals surface area (Å²) in [5.74, 6) is -4.31. The van der Waals surface area contributed by atoms with Gasteiger partial charge in [-0.1, -0.05) is 17.7 Å². The van der Waals surface area contributed by atoms with E-state index < -0.39 is 41.8 Å². The number of rotatable bonds is 9. The molecule has 1 aliphatic carbocycles. The Morgan fingerprint density at radius 2 is 1.64 bits per heavy atom. The van der Waals surface area contributed by atoms with Gasteiger partial charge >= 0.3 is 12.3 Å². The van der Waals surface area contributed by atoms with Gasteiger partial charge in [0, 0.05) is 61.8 Å². The van der Waals surface area contributed by atoms with Crippen molar-refractivity contribution in [2.75, 3.05) is 42.9 Å². The van der Waals surface area contributed by atoms with Crippen LogP contribution in [0.15, 0.2) is 30.3 Å². The summed E-state index contributed by atoms with van der Waals surface area (Å²) >= 11 is 6.17. The van der Waals surface area contributed by atoms with Crippen LogP contribution in [0.4, 0.5) is 38.1 Å². The first-order valence-corrected chi connectivity index (χ1v) is 14.6. The normalized spacial score (nSPS) is 19.4. The molecule has 0 spiro atoms. The van der Waals surface area contributed by atoms with Crippen LogP contribution < -0.4 is 20.9 Å². The average Bonchev–Trinajstić information content (AvgIpc) is 2.97. The summed E-state index contributed by atoms with van der Waals surface area (Å²) in [4.78, 5) is 39.9. The van der Waals surface area contributed by atoms with Crippen LogP contribution in [0.25, 0.3) is 0 Å². The minimum absolute atomic E-state index is 0.117. The number of piperazine rings is 1. The first-order valence-electron chi connectivity index (χ1n) is 14.2. The molecule has 1 saturated carbocycles. The number of carboxylic acid groups (broad SMARTS) is 1. The van der Waals surface area contributed by atoms with Crippen LogP contribution in [0.3, 0.4) is 0 Å². The highest BCUT2D eigenvalue weighted by molar-refractivity contribution is 6.31. The highest BCUT2D eigenvalue weighted by Gasteiger charge is 2.30. The van der Waals surface area contributed by atoms with Crippen molar-refractivity contribution in [2.45, 2.75) is 50.9 Å². The highest BCUT2D eigenvalue weighted by atomic mass is 35.5. The minimum atomic E-state index is -4.24. The fourth-order valence-corrected chi connectivity index (χ4v) is 5.63. The first kappa shape index (κ1) is 33.2. The summed E-state index contributed by atoms with van der Waals surface area (Å²) in [6.07, 6.45) is -4.39. The topological polar surface area (TPSA) is 114 Å². The summed E-state index contributed by atoms with van der Waals surface area (Å²) in [6, 6.07) is 6.71. The second kappa shape index (κ2) is 14.4. The summed E-state index contributed by atoms with van der Waals surface area (Å²) in [5.41, 5.74) is 0.0609. The van der Waals surface area contributed by atoms with Crippen LogP contribution >= 0.6 is 11.6 Å². The SMILES string of the molecule is O=C(O)N[C@H]1CC[C@H](C(=O)NCc2ccc(C(=O)Nc3ccc(Cl)cc3N3CCN(CCC(F)(F)F)CC3)c(F)c2F)CC1. The van der Waals surface area contributed by atoms with Crippen molar-refractivity contribution < 1.29 is 41.4 Å². The third kappa shape index (κ3) is 8.94. The van der Waals surface area contributed by atoms with Crippen molar-refractivity contribution in [1.82, 2.24) is 15.5 Å². The van der Waals surface area contributed by atoms with E-state index in [9.17, 15) is 31.9 Å². The van der Waals surface area contributed by atoms with E-state index >= 15 is 4.39 Å². The van der Waals surface area contributed by atoms with Crippen molar-refractivity contribution in [2.24, 2.45) is 5.92 Å². The molecule has 4 N–H and O–H groups in total. The molecule has 1 saturated heterocycles. The molecule has 2 aromatic carbocycles. The number of carbonyl (C=O) groups is 3. The van der Waals surface area contributed by atoms with E-state index in [4.69, 9.17) is 16.7 Å². The maximum Gasteiger partial charge on any atom is 0.404 e. The summed E-state index contributed by atoms with van der Waals surface area (Å²) in [5, 5.41) is 16.7. The molecule has 3 amide bonds. The van der Waals surface area contributed by atoms with Crippen LogP contribution in [0.1, 0.15) is 48.0 Å². The van der Waals surface area contributed by atoms with Gasteiger partial charge in [0.1, 0.15) is 0 Å². The second-order valence-electron chi connectivity index (χ2n) is 10.9. The molecular weight excluding hydrogens is 613 g/mol. The van der Waals surface area contributed by atoms with Crippen molar-refractivity contribution in [1.29, 1.82) is 0 Å². The van der Waals surface area contributed by atoms with Gasteiger partial charge in [-0.15, -0.1) is 0 Å². The lowest BCUT2D eigenvalue weighted by Gasteiger charge is -2.37. The zero-order chi connectivity index (χ0) is 32.0. The number of halogens is 6. The molecule has 0 unspecified atom stereocenters. The van der Waals surface area contributed by atoms with Crippen LogP contribution in [0.2, 0.25) is 5.02 Å². The Labute approximate surface area is 255 Å². The van der Waals surface area contributed by atoms with Crippen LogP contribution in [-0.2, 0) is 11.3 Å². The van der Waals surface area contributed by atoms with Crippen molar-refractivity contribution in [3.8, 4) is 0 Å². The Bertz CT molecular complexity index is 1360. The number of nitrogens with zero attached hydrogens (tertiary/aromatic N) is 2. The molecule has 0 bridgehead atoms. The van der Waals surface area contributed by atoms with E-state index in [2.05, 4.69) is 16.0 Å². The van der Waals surface area contributed by atoms with E-state index in [0.717, 1.165) is 6.07 Å². The summed E-state index contributed by atoms with van der Waals surface area (Å²) in [6.45, 7) is 1.03. The van der Waals surface area contributed by atoms with Gasteiger partial charge in [-0.25, -0.2) is 13.6 Å². The third-order valence-corrected chi connectivity index (χ3v) is 8.15. The zero-order valence-electron chi connectivity index (χ0n) is 23.7.